The van der Waals surface area contributed by atoms with Crippen molar-refractivity contribution in [3.05, 3.63) is 59.7 Å². The summed E-state index contributed by atoms with van der Waals surface area (Å²) in [5.41, 5.74) is 3.05. The fourth-order valence-corrected chi connectivity index (χ4v) is 3.51. The summed E-state index contributed by atoms with van der Waals surface area (Å²) in [5, 5.41) is 7.09. The van der Waals surface area contributed by atoms with Gasteiger partial charge in [-0.1, -0.05) is 25.1 Å². The summed E-state index contributed by atoms with van der Waals surface area (Å²) in [6.07, 6.45) is 1.76. The Hall–Kier alpha value is -2.49. The minimum atomic E-state index is -0.409. The van der Waals surface area contributed by atoms with Gasteiger partial charge in [-0.25, -0.2) is 5.01 Å². The molecule has 4 rings (SSSR count). The van der Waals surface area contributed by atoms with Crippen molar-refractivity contribution >= 4 is 5.71 Å². The van der Waals surface area contributed by atoms with Crippen molar-refractivity contribution in [2.45, 2.75) is 38.5 Å². The first kappa shape index (κ1) is 15.1. The second kappa shape index (κ2) is 5.55. The van der Waals surface area contributed by atoms with E-state index in [-0.39, 0.29) is 6.04 Å². The maximum Gasteiger partial charge on any atom is 0.195 e. The number of methoxy groups -OCH3 is 1. The number of nitrogens with zero attached hydrogens (tertiary/aromatic N) is 2. The highest BCUT2D eigenvalue weighted by Crippen LogP contribution is 2.47. The van der Waals surface area contributed by atoms with E-state index in [4.69, 9.17) is 14.6 Å². The fourth-order valence-electron chi connectivity index (χ4n) is 3.51. The summed E-state index contributed by atoms with van der Waals surface area (Å²) in [6, 6.07) is 16.7. The molecule has 4 heteroatoms. The van der Waals surface area contributed by atoms with Crippen LogP contribution in [0.5, 0.6) is 11.5 Å². The zero-order valence-corrected chi connectivity index (χ0v) is 14.3. The highest BCUT2D eigenvalue weighted by molar-refractivity contribution is 6.02. The molecule has 2 unspecified atom stereocenters. The van der Waals surface area contributed by atoms with Gasteiger partial charge in [0.05, 0.1) is 18.9 Å². The van der Waals surface area contributed by atoms with Gasteiger partial charge in [-0.15, -0.1) is 0 Å². The van der Waals surface area contributed by atoms with Crippen LogP contribution in [0, 0.1) is 0 Å². The van der Waals surface area contributed by atoms with Crippen molar-refractivity contribution in [3.63, 3.8) is 0 Å². The van der Waals surface area contributed by atoms with Gasteiger partial charge in [0.25, 0.3) is 0 Å². The molecule has 0 fully saturated rings. The molecule has 0 aliphatic carbocycles. The normalized spacial score (nSPS) is 24.7. The third-order valence-corrected chi connectivity index (χ3v) is 5.08. The maximum atomic E-state index is 6.30. The summed E-state index contributed by atoms with van der Waals surface area (Å²) >= 11 is 0. The third kappa shape index (κ3) is 2.25. The van der Waals surface area contributed by atoms with E-state index >= 15 is 0 Å². The molecule has 2 aromatic carbocycles. The Labute approximate surface area is 142 Å². The molecule has 0 bridgehead atoms. The molecule has 2 heterocycles. The van der Waals surface area contributed by atoms with Gasteiger partial charge in [0.15, 0.2) is 5.72 Å². The molecule has 4 nitrogen and oxygen atoms in total. The van der Waals surface area contributed by atoms with Gasteiger partial charge < -0.3 is 9.47 Å². The Morgan fingerprint density at radius 1 is 1.21 bits per heavy atom. The maximum absolute atomic E-state index is 6.30. The van der Waals surface area contributed by atoms with Crippen LogP contribution in [0.25, 0.3) is 0 Å². The topological polar surface area (TPSA) is 34.1 Å². The summed E-state index contributed by atoms with van der Waals surface area (Å²) in [6.45, 7) is 4.27. The molecule has 0 spiro atoms. The minimum absolute atomic E-state index is 0.233. The number of rotatable bonds is 3. The van der Waals surface area contributed by atoms with E-state index < -0.39 is 5.72 Å². The van der Waals surface area contributed by atoms with Crippen LogP contribution < -0.4 is 9.47 Å². The highest BCUT2D eigenvalue weighted by atomic mass is 16.5. The van der Waals surface area contributed by atoms with Gasteiger partial charge >= 0.3 is 0 Å². The van der Waals surface area contributed by atoms with Gasteiger partial charge in [0.1, 0.15) is 11.5 Å². The van der Waals surface area contributed by atoms with Gasteiger partial charge in [-0.05, 0) is 42.8 Å². The van der Waals surface area contributed by atoms with Crippen molar-refractivity contribution in [3.8, 4) is 11.5 Å². The second-order valence-corrected chi connectivity index (χ2v) is 6.51. The fraction of sp³-hybridized carbons (Fsp3) is 0.350. The van der Waals surface area contributed by atoms with Crippen molar-refractivity contribution < 1.29 is 9.47 Å². The summed E-state index contributed by atoms with van der Waals surface area (Å²) in [5.74, 6) is 1.84. The van der Waals surface area contributed by atoms with Crippen molar-refractivity contribution in [1.82, 2.24) is 5.01 Å². The molecule has 0 amide bonds. The molecule has 2 aliphatic heterocycles. The number of ether oxygens (including phenoxy) is 2. The van der Waals surface area contributed by atoms with Crippen LogP contribution in [0.3, 0.4) is 0 Å². The molecular weight excluding hydrogens is 300 g/mol. The average Bonchev–Trinajstić information content (AvgIpc) is 3.08. The van der Waals surface area contributed by atoms with Gasteiger partial charge in [-0.3, -0.25) is 0 Å². The number of hydrogen-bond donors (Lipinski definition) is 0. The number of hydrogen-bond acceptors (Lipinski definition) is 4. The molecule has 0 saturated carbocycles. The van der Waals surface area contributed by atoms with Crippen LogP contribution in [-0.2, 0) is 0 Å². The largest absolute Gasteiger partial charge is 0.497 e. The molecule has 0 saturated heterocycles. The summed E-state index contributed by atoms with van der Waals surface area (Å²) in [7, 11) is 1.68. The SMILES string of the molecule is CCC1(C)Oc2ccccc2C2CC(c3ccc(OC)cc3)=NN21. The van der Waals surface area contributed by atoms with Crippen LogP contribution in [0.4, 0.5) is 0 Å². The second-order valence-electron chi connectivity index (χ2n) is 6.51. The standard InChI is InChI=1S/C20H22N2O2/c1-4-20(2)22-18(16-7-5-6-8-19(16)24-20)13-17(21-22)14-9-11-15(23-3)12-10-14/h5-12,18H,4,13H2,1-3H3. The van der Waals surface area contributed by atoms with Crippen LogP contribution in [0.2, 0.25) is 0 Å². The molecule has 2 aromatic rings. The van der Waals surface area contributed by atoms with Gasteiger partial charge in [-0.2, -0.15) is 5.10 Å². The molecule has 2 aliphatic rings. The predicted octanol–water partition coefficient (Wildman–Crippen LogP) is 4.36. The van der Waals surface area contributed by atoms with Crippen LogP contribution in [0.15, 0.2) is 53.6 Å². The number of fused-ring (bicyclic) bond motifs is 3. The lowest BCUT2D eigenvalue weighted by Gasteiger charge is -2.45. The lowest BCUT2D eigenvalue weighted by molar-refractivity contribution is -0.108. The summed E-state index contributed by atoms with van der Waals surface area (Å²) in [4.78, 5) is 0. The van der Waals surface area contributed by atoms with E-state index in [2.05, 4.69) is 49.2 Å². The van der Waals surface area contributed by atoms with Crippen LogP contribution >= 0.6 is 0 Å². The Bertz CT molecular complexity index is 784. The predicted molar refractivity (Wildman–Crippen MR) is 94.5 cm³/mol. The molecule has 2 atom stereocenters. The zero-order chi connectivity index (χ0) is 16.7. The third-order valence-electron chi connectivity index (χ3n) is 5.08. The molecule has 0 N–H and O–H groups in total. The molecular formula is C20H22N2O2. The Balaban J connectivity index is 1.73. The van der Waals surface area contributed by atoms with E-state index in [1.54, 1.807) is 7.11 Å². The van der Waals surface area contributed by atoms with Crippen LogP contribution in [0.1, 0.15) is 43.9 Å². The first-order valence-electron chi connectivity index (χ1n) is 8.44. The van der Waals surface area contributed by atoms with E-state index in [0.717, 1.165) is 35.6 Å². The van der Waals surface area contributed by atoms with Gasteiger partial charge in [0.2, 0.25) is 0 Å². The van der Waals surface area contributed by atoms with Crippen molar-refractivity contribution in [2.24, 2.45) is 5.10 Å². The van der Waals surface area contributed by atoms with E-state index in [1.807, 2.05) is 18.2 Å². The van der Waals surface area contributed by atoms with Crippen molar-refractivity contribution in [2.75, 3.05) is 7.11 Å². The highest BCUT2D eigenvalue weighted by Gasteiger charge is 2.46. The Kier molecular flexibility index (Phi) is 3.48. The average molecular weight is 322 g/mol. The summed E-state index contributed by atoms with van der Waals surface area (Å²) < 4.78 is 11.6. The number of benzene rings is 2. The van der Waals surface area contributed by atoms with Crippen molar-refractivity contribution in [1.29, 1.82) is 0 Å². The molecule has 0 radical (unpaired) electrons. The van der Waals surface area contributed by atoms with E-state index in [1.165, 1.54) is 5.56 Å². The van der Waals surface area contributed by atoms with Gasteiger partial charge in [0, 0.05) is 18.4 Å². The quantitative estimate of drug-likeness (QED) is 0.842. The Morgan fingerprint density at radius 3 is 2.67 bits per heavy atom. The molecule has 0 aromatic heterocycles. The Morgan fingerprint density at radius 2 is 1.96 bits per heavy atom. The lowest BCUT2D eigenvalue weighted by atomic mass is 9.94. The smallest absolute Gasteiger partial charge is 0.195 e. The lowest BCUT2D eigenvalue weighted by Crippen LogP contribution is -2.50. The number of para-hydroxylation sites is 1. The van der Waals surface area contributed by atoms with E-state index in [9.17, 15) is 0 Å². The minimum Gasteiger partial charge on any atom is -0.497 e. The molecule has 124 valence electrons. The monoisotopic (exact) mass is 322 g/mol. The zero-order valence-electron chi connectivity index (χ0n) is 14.3. The number of hydrazone groups is 1. The van der Waals surface area contributed by atoms with Crippen LogP contribution in [-0.4, -0.2) is 23.6 Å². The first-order chi connectivity index (χ1) is 11.6. The van der Waals surface area contributed by atoms with E-state index in [0.29, 0.717) is 0 Å². The first-order valence-corrected chi connectivity index (χ1v) is 8.44. The molecule has 24 heavy (non-hydrogen) atoms.